The molecule has 0 unspecified atom stereocenters. The van der Waals surface area contributed by atoms with Gasteiger partial charge in [0, 0.05) is 23.2 Å². The first-order valence-corrected chi connectivity index (χ1v) is 11.1. The summed E-state index contributed by atoms with van der Waals surface area (Å²) in [6.07, 6.45) is 6.60. The predicted octanol–water partition coefficient (Wildman–Crippen LogP) is 6.22. The molecule has 7 heteroatoms. The van der Waals surface area contributed by atoms with Crippen LogP contribution >= 0.6 is 11.3 Å². The lowest BCUT2D eigenvalue weighted by molar-refractivity contribution is -0.384. The highest BCUT2D eigenvalue weighted by molar-refractivity contribution is 7.16. The molecule has 0 spiro atoms. The lowest BCUT2D eigenvalue weighted by Gasteiger charge is -2.33. The number of aliphatic imine (C=N–C) groups is 1. The predicted molar refractivity (Wildman–Crippen MR) is 124 cm³/mol. The zero-order valence-corrected chi connectivity index (χ0v) is 18.6. The van der Waals surface area contributed by atoms with Crippen molar-refractivity contribution in [3.05, 3.63) is 74.4 Å². The van der Waals surface area contributed by atoms with Crippen molar-refractivity contribution >= 4 is 28.2 Å². The first-order chi connectivity index (χ1) is 14.8. The van der Waals surface area contributed by atoms with Gasteiger partial charge in [0.1, 0.15) is 11.1 Å². The maximum atomic E-state index is 11.1. The van der Waals surface area contributed by atoms with E-state index in [2.05, 4.69) is 31.8 Å². The van der Waals surface area contributed by atoms with Crippen LogP contribution in [0.1, 0.15) is 48.9 Å². The Bertz CT molecular complexity index is 1210. The Kier molecular flexibility index (Phi) is 5.50. The number of nitriles is 1. The Balaban J connectivity index is 1.65. The Labute approximate surface area is 185 Å². The molecule has 4 rings (SSSR count). The number of nitro benzene ring substituents is 1. The van der Waals surface area contributed by atoms with Crippen LogP contribution in [0.2, 0.25) is 0 Å². The van der Waals surface area contributed by atoms with Gasteiger partial charge in [0.25, 0.3) is 5.69 Å². The SMILES string of the molecule is CC(C)(C)[C@@H]1CCc2c(sc(N=Cc3cccn3-c3cccc([N+](=O)[O-])c3)c2C#N)C1. The van der Waals surface area contributed by atoms with Gasteiger partial charge in [-0.3, -0.25) is 10.1 Å². The molecule has 1 aromatic carbocycles. The third-order valence-corrected chi connectivity index (χ3v) is 7.16. The summed E-state index contributed by atoms with van der Waals surface area (Å²) < 4.78 is 1.85. The summed E-state index contributed by atoms with van der Waals surface area (Å²) in [7, 11) is 0. The number of fused-ring (bicyclic) bond motifs is 1. The van der Waals surface area contributed by atoms with Crippen molar-refractivity contribution in [2.24, 2.45) is 16.3 Å². The first kappa shape index (κ1) is 21.0. The van der Waals surface area contributed by atoms with Crippen LogP contribution in [-0.4, -0.2) is 15.7 Å². The minimum atomic E-state index is -0.402. The minimum absolute atomic E-state index is 0.0418. The van der Waals surface area contributed by atoms with Crippen LogP contribution in [0.25, 0.3) is 5.69 Å². The van der Waals surface area contributed by atoms with E-state index in [1.165, 1.54) is 17.0 Å². The second-order valence-corrected chi connectivity index (χ2v) is 10.0. The topological polar surface area (TPSA) is 84.2 Å². The van der Waals surface area contributed by atoms with E-state index in [4.69, 9.17) is 0 Å². The van der Waals surface area contributed by atoms with Gasteiger partial charge < -0.3 is 4.57 Å². The van der Waals surface area contributed by atoms with Crippen molar-refractivity contribution in [2.75, 3.05) is 0 Å². The molecule has 158 valence electrons. The number of nitro groups is 1. The van der Waals surface area contributed by atoms with Gasteiger partial charge in [-0.15, -0.1) is 11.3 Å². The lowest BCUT2D eigenvalue weighted by atomic mass is 9.72. The largest absolute Gasteiger partial charge is 0.315 e. The Morgan fingerprint density at radius 1 is 1.32 bits per heavy atom. The van der Waals surface area contributed by atoms with Crippen LogP contribution in [0, 0.1) is 32.8 Å². The molecule has 0 amide bonds. The molecule has 2 heterocycles. The summed E-state index contributed by atoms with van der Waals surface area (Å²) in [5, 5.41) is 21.6. The van der Waals surface area contributed by atoms with Gasteiger partial charge in [-0.1, -0.05) is 26.8 Å². The summed E-state index contributed by atoms with van der Waals surface area (Å²) in [6, 6.07) is 12.6. The Hall–Kier alpha value is -3.24. The van der Waals surface area contributed by atoms with Gasteiger partial charge in [0.2, 0.25) is 0 Å². The van der Waals surface area contributed by atoms with Gasteiger partial charge >= 0.3 is 0 Å². The highest BCUT2D eigenvalue weighted by Crippen LogP contribution is 2.44. The van der Waals surface area contributed by atoms with E-state index in [0.29, 0.717) is 17.2 Å². The van der Waals surface area contributed by atoms with E-state index in [-0.39, 0.29) is 11.1 Å². The molecule has 3 aromatic rings. The number of non-ortho nitro benzene ring substituents is 1. The molecule has 0 aliphatic heterocycles. The molecular weight excluding hydrogens is 408 g/mol. The smallest absolute Gasteiger partial charge is 0.271 e. The molecular formula is C24H24N4O2S. The summed E-state index contributed by atoms with van der Waals surface area (Å²) in [5.41, 5.74) is 3.63. The maximum Gasteiger partial charge on any atom is 0.271 e. The van der Waals surface area contributed by atoms with Gasteiger partial charge in [-0.25, -0.2) is 4.99 Å². The van der Waals surface area contributed by atoms with E-state index < -0.39 is 4.92 Å². The van der Waals surface area contributed by atoms with Crippen molar-refractivity contribution in [3.8, 4) is 11.8 Å². The molecule has 1 aliphatic carbocycles. The van der Waals surface area contributed by atoms with E-state index >= 15 is 0 Å². The van der Waals surface area contributed by atoms with E-state index in [1.807, 2.05) is 29.0 Å². The third kappa shape index (κ3) is 4.17. The highest BCUT2D eigenvalue weighted by Gasteiger charge is 2.32. The van der Waals surface area contributed by atoms with E-state index in [9.17, 15) is 15.4 Å². The Morgan fingerprint density at radius 2 is 2.13 bits per heavy atom. The minimum Gasteiger partial charge on any atom is -0.315 e. The highest BCUT2D eigenvalue weighted by atomic mass is 32.1. The van der Waals surface area contributed by atoms with Crippen LogP contribution in [0.15, 0.2) is 47.6 Å². The number of hydrogen-bond acceptors (Lipinski definition) is 5. The van der Waals surface area contributed by atoms with Crippen LogP contribution in [0.3, 0.4) is 0 Å². The van der Waals surface area contributed by atoms with Crippen molar-refractivity contribution in [3.63, 3.8) is 0 Å². The van der Waals surface area contributed by atoms with Crippen LogP contribution < -0.4 is 0 Å². The molecule has 1 atom stereocenters. The van der Waals surface area contributed by atoms with Crippen molar-refractivity contribution in [2.45, 2.75) is 40.0 Å². The fraction of sp³-hybridized carbons (Fsp3) is 0.333. The van der Waals surface area contributed by atoms with Gasteiger partial charge in [0.05, 0.1) is 28.1 Å². The number of nitrogens with zero attached hydrogens (tertiary/aromatic N) is 4. The molecule has 0 saturated carbocycles. The average molecular weight is 433 g/mol. The number of thiophene rings is 1. The van der Waals surface area contributed by atoms with Crippen molar-refractivity contribution in [1.82, 2.24) is 4.57 Å². The Morgan fingerprint density at radius 3 is 2.84 bits per heavy atom. The van der Waals surface area contributed by atoms with Crippen LogP contribution in [0.5, 0.6) is 0 Å². The average Bonchev–Trinajstić information content (AvgIpc) is 3.34. The quantitative estimate of drug-likeness (QED) is 0.279. The molecule has 0 bridgehead atoms. The number of hydrogen-bond donors (Lipinski definition) is 0. The van der Waals surface area contributed by atoms with Crippen molar-refractivity contribution < 1.29 is 4.92 Å². The number of rotatable bonds is 4. The van der Waals surface area contributed by atoms with Gasteiger partial charge in [-0.2, -0.15) is 5.26 Å². The van der Waals surface area contributed by atoms with Crippen LogP contribution in [-0.2, 0) is 12.8 Å². The zero-order valence-electron chi connectivity index (χ0n) is 17.8. The second kappa shape index (κ2) is 8.12. The molecule has 0 saturated heterocycles. The standard InChI is InChI=1S/C24H24N4O2S/c1-24(2,3)16-9-10-20-21(14-25)23(31-22(20)12-16)26-15-19-8-5-11-27(19)17-6-4-7-18(13-17)28(29)30/h4-8,11,13,15-16H,9-10,12H2,1-3H3/t16-/m1/s1. The molecule has 1 aliphatic rings. The van der Waals surface area contributed by atoms with Crippen molar-refractivity contribution in [1.29, 1.82) is 5.26 Å². The molecule has 31 heavy (non-hydrogen) atoms. The van der Waals surface area contributed by atoms with Crippen LogP contribution in [0.4, 0.5) is 10.7 Å². The summed E-state index contributed by atoms with van der Waals surface area (Å²) in [5.74, 6) is 0.605. The monoisotopic (exact) mass is 432 g/mol. The summed E-state index contributed by atoms with van der Waals surface area (Å²) in [6.45, 7) is 6.84. The maximum absolute atomic E-state index is 11.1. The molecule has 2 aromatic heterocycles. The van der Waals surface area contributed by atoms with Gasteiger partial charge in [-0.05, 0) is 54.4 Å². The summed E-state index contributed by atoms with van der Waals surface area (Å²) >= 11 is 1.62. The lowest BCUT2D eigenvalue weighted by Crippen LogP contribution is -2.26. The van der Waals surface area contributed by atoms with Gasteiger partial charge in [0.15, 0.2) is 0 Å². The first-order valence-electron chi connectivity index (χ1n) is 10.3. The molecule has 0 N–H and O–H groups in total. The fourth-order valence-electron chi connectivity index (χ4n) is 4.13. The second-order valence-electron chi connectivity index (χ2n) is 8.94. The van der Waals surface area contributed by atoms with E-state index in [1.54, 1.807) is 23.6 Å². The summed E-state index contributed by atoms with van der Waals surface area (Å²) in [4.78, 5) is 16.7. The number of aromatic nitrogens is 1. The third-order valence-electron chi connectivity index (χ3n) is 6.00. The van der Waals surface area contributed by atoms with E-state index in [0.717, 1.165) is 35.5 Å². The normalized spacial score (nSPS) is 16.3. The molecule has 0 radical (unpaired) electrons. The number of benzene rings is 1. The fourth-order valence-corrected chi connectivity index (χ4v) is 5.35. The molecule has 6 nitrogen and oxygen atoms in total. The molecule has 0 fully saturated rings. The zero-order chi connectivity index (χ0) is 22.2.